The van der Waals surface area contributed by atoms with Gasteiger partial charge >= 0.3 is 0 Å². The van der Waals surface area contributed by atoms with Crippen LogP contribution >= 0.6 is 0 Å². The molecular weight excluding hydrogens is 376 g/mol. The lowest BCUT2D eigenvalue weighted by Crippen LogP contribution is -2.23. The summed E-state index contributed by atoms with van der Waals surface area (Å²) in [5.74, 6) is 0. The molecule has 0 aromatic rings. The van der Waals surface area contributed by atoms with Gasteiger partial charge in [-0.3, -0.25) is 0 Å². The standard InChI is InChI=1S/C30H62O/c1-4-6-8-10-12-14-16-17-18-19-21-23-25-27-29-30(3,31)28-26-24-22-20-15-13-11-9-7-5-2/h31H,4-29H2,1-3H3. The van der Waals surface area contributed by atoms with Gasteiger partial charge in [-0.25, -0.2) is 0 Å². The Labute approximate surface area is 198 Å². The lowest BCUT2D eigenvalue weighted by Gasteiger charge is -2.23. The number of hydrogen-bond donors (Lipinski definition) is 1. The van der Waals surface area contributed by atoms with Crippen molar-refractivity contribution < 1.29 is 5.11 Å². The Morgan fingerprint density at radius 1 is 0.355 bits per heavy atom. The largest absolute Gasteiger partial charge is 0.390 e. The van der Waals surface area contributed by atoms with E-state index in [0.29, 0.717) is 0 Å². The van der Waals surface area contributed by atoms with E-state index in [1.54, 1.807) is 0 Å². The van der Waals surface area contributed by atoms with E-state index < -0.39 is 5.60 Å². The molecule has 1 nitrogen and oxygen atoms in total. The molecule has 0 saturated heterocycles. The third kappa shape index (κ3) is 26.1. The van der Waals surface area contributed by atoms with Crippen LogP contribution in [-0.4, -0.2) is 10.7 Å². The van der Waals surface area contributed by atoms with Crippen LogP contribution in [0.5, 0.6) is 0 Å². The van der Waals surface area contributed by atoms with Crippen molar-refractivity contribution in [1.82, 2.24) is 0 Å². The maximum absolute atomic E-state index is 10.6. The van der Waals surface area contributed by atoms with Gasteiger partial charge in [0.2, 0.25) is 0 Å². The molecule has 0 aromatic carbocycles. The van der Waals surface area contributed by atoms with Gasteiger partial charge in [0.15, 0.2) is 0 Å². The fraction of sp³-hybridized carbons (Fsp3) is 1.00. The van der Waals surface area contributed by atoms with Gasteiger partial charge in [-0.05, 0) is 19.8 Å². The monoisotopic (exact) mass is 438 g/mol. The molecule has 1 heteroatoms. The van der Waals surface area contributed by atoms with Crippen LogP contribution in [0, 0.1) is 0 Å². The average molecular weight is 439 g/mol. The van der Waals surface area contributed by atoms with Crippen molar-refractivity contribution in [1.29, 1.82) is 0 Å². The summed E-state index contributed by atoms with van der Waals surface area (Å²) in [6.45, 7) is 6.65. The summed E-state index contributed by atoms with van der Waals surface area (Å²) in [4.78, 5) is 0. The molecule has 0 aliphatic rings. The lowest BCUT2D eigenvalue weighted by atomic mass is 9.91. The zero-order valence-electron chi connectivity index (χ0n) is 22.3. The molecule has 0 saturated carbocycles. The molecule has 1 N–H and O–H groups in total. The van der Waals surface area contributed by atoms with Crippen LogP contribution in [0.1, 0.15) is 188 Å². The first kappa shape index (κ1) is 31.0. The molecule has 1 unspecified atom stereocenters. The van der Waals surface area contributed by atoms with Crippen LogP contribution in [0.4, 0.5) is 0 Å². The SMILES string of the molecule is CCCCCCCCCCCCCCCCC(C)(O)CCCCCCCCCCCC. The molecule has 188 valence electrons. The van der Waals surface area contributed by atoms with E-state index in [9.17, 15) is 5.11 Å². The summed E-state index contributed by atoms with van der Waals surface area (Å²) in [7, 11) is 0. The molecule has 0 radical (unpaired) electrons. The molecule has 0 aliphatic heterocycles. The Bertz CT molecular complexity index is 322. The molecule has 0 aliphatic carbocycles. The molecule has 0 bridgehead atoms. The zero-order chi connectivity index (χ0) is 22.9. The molecule has 0 heterocycles. The summed E-state index contributed by atoms with van der Waals surface area (Å²) in [5, 5.41) is 10.6. The highest BCUT2D eigenvalue weighted by Crippen LogP contribution is 2.23. The van der Waals surface area contributed by atoms with Crippen LogP contribution < -0.4 is 0 Å². The van der Waals surface area contributed by atoms with Crippen LogP contribution in [-0.2, 0) is 0 Å². The van der Waals surface area contributed by atoms with Gasteiger partial charge in [0.25, 0.3) is 0 Å². The van der Waals surface area contributed by atoms with E-state index in [0.717, 1.165) is 12.8 Å². The first-order valence-electron chi connectivity index (χ1n) is 14.8. The van der Waals surface area contributed by atoms with Crippen LogP contribution in [0.25, 0.3) is 0 Å². The van der Waals surface area contributed by atoms with Crippen molar-refractivity contribution in [3.8, 4) is 0 Å². The lowest BCUT2D eigenvalue weighted by molar-refractivity contribution is 0.0366. The van der Waals surface area contributed by atoms with Crippen LogP contribution in [0.3, 0.4) is 0 Å². The third-order valence-corrected chi connectivity index (χ3v) is 7.14. The van der Waals surface area contributed by atoms with Crippen LogP contribution in [0.15, 0.2) is 0 Å². The molecule has 1 atom stereocenters. The van der Waals surface area contributed by atoms with Gasteiger partial charge < -0.3 is 5.11 Å². The molecule has 0 fully saturated rings. The van der Waals surface area contributed by atoms with Crippen LogP contribution in [0.2, 0.25) is 0 Å². The number of hydrogen-bond acceptors (Lipinski definition) is 1. The predicted octanol–water partition coefficient (Wildman–Crippen LogP) is 10.9. The summed E-state index contributed by atoms with van der Waals surface area (Å²) < 4.78 is 0. The second-order valence-electron chi connectivity index (χ2n) is 10.8. The van der Waals surface area contributed by atoms with Gasteiger partial charge in [0.1, 0.15) is 0 Å². The summed E-state index contributed by atoms with van der Waals surface area (Å²) in [6.07, 6.45) is 35.4. The maximum atomic E-state index is 10.6. The van der Waals surface area contributed by atoms with E-state index in [4.69, 9.17) is 0 Å². The molecule has 0 spiro atoms. The molecule has 0 rings (SSSR count). The summed E-state index contributed by atoms with van der Waals surface area (Å²) in [6, 6.07) is 0. The van der Waals surface area contributed by atoms with E-state index in [-0.39, 0.29) is 0 Å². The van der Waals surface area contributed by atoms with E-state index >= 15 is 0 Å². The third-order valence-electron chi connectivity index (χ3n) is 7.14. The van der Waals surface area contributed by atoms with Gasteiger partial charge in [0, 0.05) is 0 Å². The maximum Gasteiger partial charge on any atom is 0.0619 e. The van der Waals surface area contributed by atoms with Crippen molar-refractivity contribution in [3.63, 3.8) is 0 Å². The zero-order valence-corrected chi connectivity index (χ0v) is 22.3. The van der Waals surface area contributed by atoms with Crippen molar-refractivity contribution in [3.05, 3.63) is 0 Å². The first-order chi connectivity index (χ1) is 15.1. The Balaban J connectivity index is 3.28. The molecule has 0 aromatic heterocycles. The second kappa shape index (κ2) is 24.6. The average Bonchev–Trinajstić information content (AvgIpc) is 2.75. The Kier molecular flexibility index (Phi) is 24.6. The Hall–Kier alpha value is -0.0400. The molecule has 31 heavy (non-hydrogen) atoms. The Morgan fingerprint density at radius 3 is 0.774 bits per heavy atom. The van der Waals surface area contributed by atoms with Gasteiger partial charge in [-0.1, -0.05) is 168 Å². The first-order valence-corrected chi connectivity index (χ1v) is 14.8. The van der Waals surface area contributed by atoms with Crippen molar-refractivity contribution in [2.75, 3.05) is 0 Å². The van der Waals surface area contributed by atoms with E-state index in [1.807, 2.05) is 0 Å². The molecule has 0 amide bonds. The predicted molar refractivity (Wildman–Crippen MR) is 142 cm³/mol. The second-order valence-corrected chi connectivity index (χ2v) is 10.8. The van der Waals surface area contributed by atoms with Gasteiger partial charge in [0.05, 0.1) is 5.60 Å². The highest BCUT2D eigenvalue weighted by atomic mass is 16.3. The minimum Gasteiger partial charge on any atom is -0.390 e. The fourth-order valence-electron chi connectivity index (χ4n) is 4.82. The number of aliphatic hydroxyl groups is 1. The summed E-state index contributed by atoms with van der Waals surface area (Å²) >= 11 is 0. The van der Waals surface area contributed by atoms with E-state index in [2.05, 4.69) is 20.8 Å². The Morgan fingerprint density at radius 2 is 0.548 bits per heavy atom. The normalized spacial score (nSPS) is 13.5. The van der Waals surface area contributed by atoms with Gasteiger partial charge in [-0.15, -0.1) is 0 Å². The minimum atomic E-state index is -0.419. The number of rotatable bonds is 26. The number of unbranched alkanes of at least 4 members (excludes halogenated alkanes) is 22. The van der Waals surface area contributed by atoms with Crippen molar-refractivity contribution in [2.24, 2.45) is 0 Å². The quantitative estimate of drug-likeness (QED) is 0.133. The summed E-state index contributed by atoms with van der Waals surface area (Å²) in [5.41, 5.74) is -0.419. The smallest absolute Gasteiger partial charge is 0.0619 e. The van der Waals surface area contributed by atoms with Crippen molar-refractivity contribution >= 4 is 0 Å². The fourth-order valence-corrected chi connectivity index (χ4v) is 4.82. The minimum absolute atomic E-state index is 0.419. The van der Waals surface area contributed by atoms with Crippen molar-refractivity contribution in [2.45, 2.75) is 193 Å². The topological polar surface area (TPSA) is 20.2 Å². The highest BCUT2D eigenvalue weighted by molar-refractivity contribution is 4.72. The molecular formula is C30H62O. The van der Waals surface area contributed by atoms with Gasteiger partial charge in [-0.2, -0.15) is 0 Å². The highest BCUT2D eigenvalue weighted by Gasteiger charge is 2.18. The van der Waals surface area contributed by atoms with E-state index in [1.165, 1.54) is 154 Å².